The zero-order chi connectivity index (χ0) is 13.7. The first-order valence-electron chi connectivity index (χ1n) is 5.19. The van der Waals surface area contributed by atoms with Gasteiger partial charge in [-0.15, -0.1) is 0 Å². The van der Waals surface area contributed by atoms with E-state index < -0.39 is 17.9 Å². The molecule has 98 valence electrons. The van der Waals surface area contributed by atoms with Crippen molar-refractivity contribution in [3.63, 3.8) is 0 Å². The number of phenolic OH excluding ortho intramolecular Hbond substituents is 2. The molecule has 0 aliphatic carbocycles. The molecule has 0 radical (unpaired) electrons. The second-order valence-electron chi connectivity index (χ2n) is 3.74. The minimum Gasteiger partial charge on any atom is -0.504 e. The molecule has 0 fully saturated rings. The number of rotatable bonds is 6. The van der Waals surface area contributed by atoms with Gasteiger partial charge in [-0.05, 0) is 18.6 Å². The number of carbonyl (C=O) groups excluding carboxylic acids is 1. The number of aliphatic carboxylic acids is 1. The van der Waals surface area contributed by atoms with E-state index in [1.165, 1.54) is 18.2 Å². The molecule has 1 atom stereocenters. The number of carboxylic acids is 1. The van der Waals surface area contributed by atoms with E-state index in [4.69, 9.17) is 15.9 Å². The number of hydrogen-bond donors (Lipinski definition) is 5. The van der Waals surface area contributed by atoms with Crippen LogP contribution in [0.1, 0.15) is 12.8 Å². The molecular weight excluding hydrogens is 240 g/mol. The number of aromatic hydroxyl groups is 2. The zero-order valence-corrected chi connectivity index (χ0v) is 9.46. The van der Waals surface area contributed by atoms with Crippen LogP contribution in [0.15, 0.2) is 18.2 Å². The average Bonchev–Trinajstić information content (AvgIpc) is 2.28. The van der Waals surface area contributed by atoms with Gasteiger partial charge in [-0.25, -0.2) is 4.79 Å². The molecule has 0 heterocycles. The lowest BCUT2D eigenvalue weighted by molar-refractivity contribution is -0.138. The van der Waals surface area contributed by atoms with E-state index in [1.807, 2.05) is 0 Å². The minimum atomic E-state index is -1.14. The average molecular weight is 254 g/mol. The molecule has 0 saturated carbocycles. The number of hydrogen-bond acceptors (Lipinski definition) is 5. The summed E-state index contributed by atoms with van der Waals surface area (Å²) in [6.07, 6.45) is -0.0274. The van der Waals surface area contributed by atoms with Crippen LogP contribution in [-0.2, 0) is 9.59 Å². The van der Waals surface area contributed by atoms with Crippen molar-refractivity contribution in [1.29, 1.82) is 0 Å². The Morgan fingerprint density at radius 1 is 1.28 bits per heavy atom. The fourth-order valence-corrected chi connectivity index (χ4v) is 1.36. The van der Waals surface area contributed by atoms with Crippen LogP contribution in [-0.4, -0.2) is 33.2 Å². The van der Waals surface area contributed by atoms with Crippen molar-refractivity contribution >= 4 is 17.6 Å². The lowest BCUT2D eigenvalue weighted by Gasteiger charge is -2.15. The summed E-state index contributed by atoms with van der Waals surface area (Å²) in [5, 5.41) is 29.9. The Labute approximate surface area is 103 Å². The number of phenols is 2. The molecule has 1 amide bonds. The molecule has 7 nitrogen and oxygen atoms in total. The summed E-state index contributed by atoms with van der Waals surface area (Å²) < 4.78 is 0. The molecule has 1 aromatic carbocycles. The number of nitrogens with one attached hydrogen (secondary N) is 1. The summed E-state index contributed by atoms with van der Waals surface area (Å²) >= 11 is 0. The van der Waals surface area contributed by atoms with Crippen molar-refractivity contribution < 1.29 is 24.9 Å². The summed E-state index contributed by atoms with van der Waals surface area (Å²) in [5.74, 6) is -2.39. The fourth-order valence-electron chi connectivity index (χ4n) is 1.36. The van der Waals surface area contributed by atoms with Crippen LogP contribution in [0, 0.1) is 0 Å². The topological polar surface area (TPSA) is 133 Å². The first-order chi connectivity index (χ1) is 8.40. The van der Waals surface area contributed by atoms with Crippen molar-refractivity contribution in [2.75, 3.05) is 5.32 Å². The molecule has 1 unspecified atom stereocenters. The largest absolute Gasteiger partial charge is 0.504 e. The number of benzene rings is 1. The van der Waals surface area contributed by atoms with Crippen LogP contribution < -0.4 is 11.1 Å². The Morgan fingerprint density at radius 2 is 1.94 bits per heavy atom. The van der Waals surface area contributed by atoms with E-state index in [0.29, 0.717) is 5.69 Å². The Morgan fingerprint density at radius 3 is 2.44 bits per heavy atom. The van der Waals surface area contributed by atoms with Crippen LogP contribution in [0.4, 0.5) is 5.69 Å². The SMILES string of the molecule is NC(=O)CCC(Nc1ccc(O)c(O)c1)C(=O)O. The molecule has 0 aliphatic rings. The molecule has 0 bridgehead atoms. The molecule has 6 N–H and O–H groups in total. The van der Waals surface area contributed by atoms with Crippen molar-refractivity contribution in [2.24, 2.45) is 5.73 Å². The molecule has 7 heteroatoms. The van der Waals surface area contributed by atoms with Crippen LogP contribution in [0.2, 0.25) is 0 Å². The summed E-state index contributed by atoms with van der Waals surface area (Å²) in [4.78, 5) is 21.5. The predicted octanol–water partition coefficient (Wildman–Crippen LogP) is 0.228. The first kappa shape index (κ1) is 13.6. The fraction of sp³-hybridized carbons (Fsp3) is 0.273. The van der Waals surface area contributed by atoms with Crippen LogP contribution in [0.3, 0.4) is 0 Å². The van der Waals surface area contributed by atoms with E-state index >= 15 is 0 Å². The second-order valence-corrected chi connectivity index (χ2v) is 3.74. The zero-order valence-electron chi connectivity index (χ0n) is 9.46. The highest BCUT2D eigenvalue weighted by molar-refractivity contribution is 5.79. The van der Waals surface area contributed by atoms with Crippen molar-refractivity contribution in [2.45, 2.75) is 18.9 Å². The van der Waals surface area contributed by atoms with Gasteiger partial charge in [-0.1, -0.05) is 0 Å². The smallest absolute Gasteiger partial charge is 0.326 e. The molecular formula is C11H14N2O5. The van der Waals surface area contributed by atoms with E-state index in [1.54, 1.807) is 0 Å². The van der Waals surface area contributed by atoms with E-state index in [9.17, 15) is 14.7 Å². The van der Waals surface area contributed by atoms with Gasteiger partial charge in [-0.2, -0.15) is 0 Å². The maximum Gasteiger partial charge on any atom is 0.326 e. The van der Waals surface area contributed by atoms with Gasteiger partial charge in [0.05, 0.1) is 0 Å². The predicted molar refractivity (Wildman–Crippen MR) is 63.2 cm³/mol. The van der Waals surface area contributed by atoms with E-state index in [0.717, 1.165) is 0 Å². The molecule has 18 heavy (non-hydrogen) atoms. The third-order valence-electron chi connectivity index (χ3n) is 2.29. The van der Waals surface area contributed by atoms with E-state index in [2.05, 4.69) is 5.32 Å². The van der Waals surface area contributed by atoms with Crippen molar-refractivity contribution in [1.82, 2.24) is 0 Å². The maximum absolute atomic E-state index is 10.9. The summed E-state index contributed by atoms with van der Waals surface area (Å²) in [6, 6.07) is 2.83. The van der Waals surface area contributed by atoms with Crippen LogP contribution in [0.5, 0.6) is 11.5 Å². The van der Waals surface area contributed by atoms with Crippen molar-refractivity contribution in [3.8, 4) is 11.5 Å². The normalized spacial score (nSPS) is 11.8. The van der Waals surface area contributed by atoms with Crippen LogP contribution >= 0.6 is 0 Å². The third kappa shape index (κ3) is 3.85. The monoisotopic (exact) mass is 254 g/mol. The maximum atomic E-state index is 10.9. The highest BCUT2D eigenvalue weighted by atomic mass is 16.4. The number of nitrogens with two attached hydrogens (primary N) is 1. The number of carbonyl (C=O) groups is 2. The van der Waals surface area contributed by atoms with Gasteiger partial charge in [0.15, 0.2) is 11.5 Å². The minimum absolute atomic E-state index is 0.0340. The van der Waals surface area contributed by atoms with E-state index in [-0.39, 0.29) is 24.3 Å². The molecule has 0 spiro atoms. The Bertz CT molecular complexity index is 461. The summed E-state index contributed by atoms with van der Waals surface area (Å²) in [5.41, 5.74) is 5.27. The molecule has 1 rings (SSSR count). The molecule has 0 aromatic heterocycles. The summed E-state index contributed by atoms with van der Waals surface area (Å²) in [6.45, 7) is 0. The standard InChI is InChI=1S/C11H14N2O5/c12-10(16)4-2-7(11(17)18)13-6-1-3-8(14)9(15)5-6/h1,3,5,7,13-15H,2,4H2,(H2,12,16)(H,17,18). The first-order valence-corrected chi connectivity index (χ1v) is 5.19. The third-order valence-corrected chi connectivity index (χ3v) is 2.29. The quantitative estimate of drug-likeness (QED) is 0.364. The van der Waals surface area contributed by atoms with Gasteiger partial charge in [0, 0.05) is 18.2 Å². The van der Waals surface area contributed by atoms with Crippen molar-refractivity contribution in [3.05, 3.63) is 18.2 Å². The molecule has 0 aliphatic heterocycles. The van der Waals surface area contributed by atoms with Gasteiger partial charge in [0.2, 0.25) is 5.91 Å². The Hall–Kier alpha value is -2.44. The lowest BCUT2D eigenvalue weighted by atomic mass is 10.1. The Balaban J connectivity index is 2.73. The van der Waals surface area contributed by atoms with Gasteiger partial charge in [0.25, 0.3) is 0 Å². The molecule has 1 aromatic rings. The summed E-state index contributed by atoms with van der Waals surface area (Å²) in [7, 11) is 0. The Kier molecular flexibility index (Phi) is 4.36. The highest BCUT2D eigenvalue weighted by Crippen LogP contribution is 2.27. The van der Waals surface area contributed by atoms with Gasteiger partial charge in [0.1, 0.15) is 6.04 Å². The number of primary amides is 1. The lowest BCUT2D eigenvalue weighted by Crippen LogP contribution is -2.30. The number of anilines is 1. The number of amides is 1. The van der Waals surface area contributed by atoms with Gasteiger partial charge >= 0.3 is 5.97 Å². The van der Waals surface area contributed by atoms with Gasteiger partial charge < -0.3 is 26.4 Å². The van der Waals surface area contributed by atoms with Crippen LogP contribution in [0.25, 0.3) is 0 Å². The van der Waals surface area contributed by atoms with Gasteiger partial charge in [-0.3, -0.25) is 4.79 Å². The molecule has 0 saturated heterocycles. The number of carboxylic acid groups (broad SMARTS) is 1. The second kappa shape index (κ2) is 5.76. The highest BCUT2D eigenvalue weighted by Gasteiger charge is 2.18.